The fourth-order valence-corrected chi connectivity index (χ4v) is 5.04. The fourth-order valence-electron chi connectivity index (χ4n) is 5.04. The van der Waals surface area contributed by atoms with Gasteiger partial charge < -0.3 is 18.9 Å². The molecule has 0 N–H and O–H groups in total. The number of allylic oxidation sites excluding steroid dienone is 3. The van der Waals surface area contributed by atoms with E-state index in [2.05, 4.69) is 25.1 Å². The third-order valence-electron chi connectivity index (χ3n) is 7.02. The minimum absolute atomic E-state index is 0.107. The smallest absolute Gasteiger partial charge is 0.185 e. The van der Waals surface area contributed by atoms with Gasteiger partial charge in [-0.15, -0.1) is 0 Å². The number of rotatable bonds is 9. The Bertz CT molecular complexity index is 1580. The number of ketones is 1. The first-order chi connectivity index (χ1) is 19.5. The maximum atomic E-state index is 13.3. The Morgan fingerprint density at radius 2 is 1.55 bits per heavy atom. The zero-order chi connectivity index (χ0) is 28.1. The normalized spacial score (nSPS) is 14.4. The molecule has 0 amide bonds. The number of benzene rings is 4. The van der Waals surface area contributed by atoms with Crippen LogP contribution in [-0.2, 0) is 0 Å². The number of methoxy groups -OCH3 is 2. The van der Waals surface area contributed by atoms with Gasteiger partial charge in [0.15, 0.2) is 17.3 Å². The summed E-state index contributed by atoms with van der Waals surface area (Å²) in [7, 11) is 3.22. The number of hydrogen-bond acceptors (Lipinski definition) is 5. The van der Waals surface area contributed by atoms with Crippen LogP contribution in [0.4, 0.5) is 0 Å². The molecule has 0 saturated heterocycles. The second kappa shape index (κ2) is 12.0. The van der Waals surface area contributed by atoms with Crippen molar-refractivity contribution in [3.8, 4) is 23.0 Å². The summed E-state index contributed by atoms with van der Waals surface area (Å²) in [5.41, 5.74) is 5.61. The van der Waals surface area contributed by atoms with Crippen molar-refractivity contribution in [2.45, 2.75) is 19.8 Å². The van der Waals surface area contributed by atoms with Crippen LogP contribution in [-0.4, -0.2) is 26.6 Å². The highest BCUT2D eigenvalue weighted by Crippen LogP contribution is 2.47. The van der Waals surface area contributed by atoms with Crippen molar-refractivity contribution in [2.24, 2.45) is 0 Å². The zero-order valence-corrected chi connectivity index (χ0v) is 23.1. The van der Waals surface area contributed by atoms with Gasteiger partial charge in [-0.05, 0) is 79.6 Å². The van der Waals surface area contributed by atoms with E-state index in [9.17, 15) is 4.79 Å². The third kappa shape index (κ3) is 5.36. The van der Waals surface area contributed by atoms with E-state index < -0.39 is 0 Å². The average molecular weight is 533 g/mol. The zero-order valence-electron chi connectivity index (χ0n) is 23.1. The minimum atomic E-state index is -0.154. The van der Waals surface area contributed by atoms with Crippen molar-refractivity contribution in [3.63, 3.8) is 0 Å². The molecule has 0 aromatic heterocycles. The van der Waals surface area contributed by atoms with E-state index in [-0.39, 0.29) is 11.7 Å². The van der Waals surface area contributed by atoms with Crippen LogP contribution < -0.4 is 18.9 Å². The topological polar surface area (TPSA) is 54.0 Å². The molecule has 0 radical (unpaired) electrons. The standard InChI is InChI=1S/C35H32O5/c1-5-39-26-17-14-24(15-18-26)30(36)20-19-29-34(27-11-7-6-10-23(27)2)28-12-8-9-13-31(28)40-35(29)25-16-21-32(37-3)33(22-25)38-4/h6-22,34H,5H2,1-4H3/b20-19+/t34-/m0/s1. The first-order valence-corrected chi connectivity index (χ1v) is 13.3. The molecule has 0 fully saturated rings. The summed E-state index contributed by atoms with van der Waals surface area (Å²) >= 11 is 0. The van der Waals surface area contributed by atoms with Crippen molar-refractivity contribution in [1.82, 2.24) is 0 Å². The monoisotopic (exact) mass is 532 g/mol. The Balaban J connectivity index is 1.68. The first kappa shape index (κ1) is 26.8. The Hall–Kier alpha value is -4.77. The lowest BCUT2D eigenvalue weighted by atomic mass is 9.79. The molecular formula is C35H32O5. The van der Waals surface area contributed by atoms with Crippen LogP contribution in [0, 0.1) is 6.92 Å². The maximum Gasteiger partial charge on any atom is 0.185 e. The van der Waals surface area contributed by atoms with E-state index in [4.69, 9.17) is 18.9 Å². The summed E-state index contributed by atoms with van der Waals surface area (Å²) in [6.07, 6.45) is 3.51. The molecule has 0 saturated carbocycles. The molecule has 1 heterocycles. The van der Waals surface area contributed by atoms with Gasteiger partial charge in [-0.25, -0.2) is 0 Å². The van der Waals surface area contributed by atoms with Crippen molar-refractivity contribution < 1.29 is 23.7 Å². The summed E-state index contributed by atoms with van der Waals surface area (Å²) in [6.45, 7) is 4.61. The highest BCUT2D eigenvalue weighted by molar-refractivity contribution is 6.05. The molecule has 5 rings (SSSR count). The number of aryl methyl sites for hydroxylation is 1. The maximum absolute atomic E-state index is 13.3. The molecule has 1 aliphatic rings. The molecule has 5 nitrogen and oxygen atoms in total. The Morgan fingerprint density at radius 3 is 2.25 bits per heavy atom. The number of ether oxygens (including phenoxy) is 4. The summed E-state index contributed by atoms with van der Waals surface area (Å²) in [5, 5.41) is 0. The van der Waals surface area contributed by atoms with Crippen molar-refractivity contribution in [2.75, 3.05) is 20.8 Å². The van der Waals surface area contributed by atoms with Gasteiger partial charge in [0.25, 0.3) is 0 Å². The Morgan fingerprint density at radius 1 is 0.850 bits per heavy atom. The van der Waals surface area contributed by atoms with Crippen LogP contribution in [0.2, 0.25) is 0 Å². The minimum Gasteiger partial charge on any atom is -0.494 e. The van der Waals surface area contributed by atoms with Crippen LogP contribution >= 0.6 is 0 Å². The fraction of sp³-hybridized carbons (Fsp3) is 0.171. The number of hydrogen-bond donors (Lipinski definition) is 0. The highest BCUT2D eigenvalue weighted by Gasteiger charge is 2.31. The quantitative estimate of drug-likeness (QED) is 0.163. The van der Waals surface area contributed by atoms with Crippen molar-refractivity contribution in [1.29, 1.82) is 0 Å². The van der Waals surface area contributed by atoms with Crippen molar-refractivity contribution in [3.05, 3.63) is 137 Å². The summed E-state index contributed by atoms with van der Waals surface area (Å²) in [6, 6.07) is 29.3. The average Bonchev–Trinajstić information content (AvgIpc) is 2.99. The molecule has 1 atom stereocenters. The van der Waals surface area contributed by atoms with E-state index in [1.807, 2.05) is 73.7 Å². The SMILES string of the molecule is CCOc1ccc(C(=O)/C=C/C2=C(c3ccc(OC)c(OC)c3)Oc3ccccc3[C@@H]2c2ccccc2C)cc1. The van der Waals surface area contributed by atoms with E-state index in [1.54, 1.807) is 32.4 Å². The molecule has 0 bridgehead atoms. The van der Waals surface area contributed by atoms with E-state index >= 15 is 0 Å². The molecule has 1 aliphatic heterocycles. The van der Waals surface area contributed by atoms with Crippen LogP contribution in [0.25, 0.3) is 5.76 Å². The lowest BCUT2D eigenvalue weighted by Gasteiger charge is -2.31. The van der Waals surface area contributed by atoms with Crippen LogP contribution in [0.1, 0.15) is 45.5 Å². The third-order valence-corrected chi connectivity index (χ3v) is 7.02. The largest absolute Gasteiger partial charge is 0.494 e. The lowest BCUT2D eigenvalue weighted by Crippen LogP contribution is -2.16. The van der Waals surface area contributed by atoms with E-state index in [0.29, 0.717) is 29.4 Å². The van der Waals surface area contributed by atoms with Crippen LogP contribution in [0.5, 0.6) is 23.0 Å². The lowest BCUT2D eigenvalue weighted by molar-refractivity contribution is 0.104. The van der Waals surface area contributed by atoms with Gasteiger partial charge in [-0.3, -0.25) is 4.79 Å². The summed E-state index contributed by atoms with van der Waals surface area (Å²) in [4.78, 5) is 13.3. The van der Waals surface area contributed by atoms with Gasteiger partial charge in [0.1, 0.15) is 17.3 Å². The van der Waals surface area contributed by atoms with Gasteiger partial charge >= 0.3 is 0 Å². The molecule has 5 heteroatoms. The second-order valence-electron chi connectivity index (χ2n) is 9.44. The molecule has 4 aromatic carbocycles. The predicted molar refractivity (Wildman–Crippen MR) is 158 cm³/mol. The van der Waals surface area contributed by atoms with E-state index in [1.165, 1.54) is 0 Å². The molecule has 0 spiro atoms. The number of para-hydroxylation sites is 1. The molecule has 40 heavy (non-hydrogen) atoms. The van der Waals surface area contributed by atoms with E-state index in [0.717, 1.165) is 39.3 Å². The van der Waals surface area contributed by atoms with Crippen molar-refractivity contribution >= 4 is 11.5 Å². The van der Waals surface area contributed by atoms with Gasteiger partial charge in [-0.2, -0.15) is 0 Å². The Kier molecular flexibility index (Phi) is 8.02. The molecule has 4 aromatic rings. The Labute approximate surface area is 235 Å². The molecule has 202 valence electrons. The first-order valence-electron chi connectivity index (χ1n) is 13.3. The predicted octanol–water partition coefficient (Wildman–Crippen LogP) is 7.79. The molecule has 0 aliphatic carbocycles. The number of carbonyl (C=O) groups is 1. The van der Waals surface area contributed by atoms with Gasteiger partial charge in [-0.1, -0.05) is 48.5 Å². The van der Waals surface area contributed by atoms with Gasteiger partial charge in [0, 0.05) is 28.2 Å². The molecular weight excluding hydrogens is 500 g/mol. The number of carbonyl (C=O) groups excluding carboxylic acids is 1. The summed E-state index contributed by atoms with van der Waals surface area (Å²) in [5.74, 6) is 3.12. The van der Waals surface area contributed by atoms with Crippen LogP contribution in [0.15, 0.2) is 109 Å². The number of fused-ring (bicyclic) bond motifs is 1. The second-order valence-corrected chi connectivity index (χ2v) is 9.44. The summed E-state index contributed by atoms with van der Waals surface area (Å²) < 4.78 is 23.2. The van der Waals surface area contributed by atoms with Gasteiger partial charge in [0.2, 0.25) is 0 Å². The van der Waals surface area contributed by atoms with Crippen LogP contribution in [0.3, 0.4) is 0 Å². The highest BCUT2D eigenvalue weighted by atomic mass is 16.5. The van der Waals surface area contributed by atoms with Gasteiger partial charge in [0.05, 0.1) is 20.8 Å². The molecule has 0 unspecified atom stereocenters.